The van der Waals surface area contributed by atoms with Gasteiger partial charge in [-0.05, 0) is 6.07 Å². The van der Waals surface area contributed by atoms with Crippen LogP contribution in [0.3, 0.4) is 0 Å². The van der Waals surface area contributed by atoms with Crippen molar-refractivity contribution in [2.24, 2.45) is 0 Å². The Morgan fingerprint density at radius 1 is 1.38 bits per heavy atom. The van der Waals surface area contributed by atoms with E-state index >= 15 is 0 Å². The lowest BCUT2D eigenvalue weighted by atomic mass is 10.1. The Labute approximate surface area is 121 Å². The van der Waals surface area contributed by atoms with Gasteiger partial charge in [0.05, 0.1) is 12.4 Å². The summed E-state index contributed by atoms with van der Waals surface area (Å²) in [5.41, 5.74) is 0.163. The Hall–Kier alpha value is -2.41. The minimum Gasteiger partial charge on any atom is -0.386 e. The maximum Gasteiger partial charge on any atom is 0.314 e. The number of aliphatic hydroxyl groups is 1. The van der Waals surface area contributed by atoms with Crippen LogP contribution in [0, 0.1) is 5.82 Å². The number of aliphatic hydroxyl groups excluding tert-OH is 1. The van der Waals surface area contributed by atoms with E-state index in [-0.39, 0.29) is 12.1 Å². The van der Waals surface area contributed by atoms with Crippen LogP contribution in [-0.4, -0.2) is 33.8 Å². The molecular weight excluding hydrogens is 275 g/mol. The third-order valence-electron chi connectivity index (χ3n) is 2.93. The van der Waals surface area contributed by atoms with Crippen LogP contribution in [0.1, 0.15) is 11.7 Å². The van der Waals surface area contributed by atoms with Crippen molar-refractivity contribution in [1.82, 2.24) is 20.2 Å². The molecule has 1 heterocycles. The van der Waals surface area contributed by atoms with Crippen LogP contribution >= 0.6 is 0 Å². The molecule has 7 heteroatoms. The number of carbonyl (C=O) groups is 1. The van der Waals surface area contributed by atoms with Gasteiger partial charge in [-0.3, -0.25) is 0 Å². The zero-order chi connectivity index (χ0) is 15.1. The molecule has 0 bridgehead atoms. The molecule has 2 amide bonds. The predicted molar refractivity (Wildman–Crippen MR) is 75.0 cm³/mol. The van der Waals surface area contributed by atoms with Crippen molar-refractivity contribution in [2.75, 3.05) is 13.1 Å². The van der Waals surface area contributed by atoms with E-state index in [2.05, 4.69) is 15.6 Å². The van der Waals surface area contributed by atoms with E-state index in [4.69, 9.17) is 0 Å². The summed E-state index contributed by atoms with van der Waals surface area (Å²) in [6.45, 7) is 0.971. The number of nitrogens with zero attached hydrogens (tertiary/aromatic N) is 2. The summed E-state index contributed by atoms with van der Waals surface area (Å²) in [5, 5.41) is 15.0. The van der Waals surface area contributed by atoms with Gasteiger partial charge in [0.15, 0.2) is 0 Å². The molecule has 2 aromatic rings. The first-order valence-electron chi connectivity index (χ1n) is 6.57. The Kier molecular flexibility index (Phi) is 5.28. The van der Waals surface area contributed by atoms with Crippen LogP contribution in [0.2, 0.25) is 0 Å². The van der Waals surface area contributed by atoms with E-state index in [0.29, 0.717) is 13.1 Å². The molecule has 0 radical (unpaired) electrons. The SMILES string of the molecule is O=C(NCCn1ccnc1)NC[C@H](O)c1ccccc1F. The number of hydrogen-bond donors (Lipinski definition) is 3. The highest BCUT2D eigenvalue weighted by Crippen LogP contribution is 2.15. The second-order valence-corrected chi connectivity index (χ2v) is 4.47. The van der Waals surface area contributed by atoms with E-state index in [0.717, 1.165) is 0 Å². The van der Waals surface area contributed by atoms with Crippen molar-refractivity contribution in [3.8, 4) is 0 Å². The van der Waals surface area contributed by atoms with E-state index in [1.165, 1.54) is 12.1 Å². The van der Waals surface area contributed by atoms with Crippen molar-refractivity contribution in [2.45, 2.75) is 12.6 Å². The first-order valence-corrected chi connectivity index (χ1v) is 6.57. The van der Waals surface area contributed by atoms with E-state index < -0.39 is 18.0 Å². The number of hydrogen-bond acceptors (Lipinski definition) is 3. The fourth-order valence-corrected chi connectivity index (χ4v) is 1.82. The minimum absolute atomic E-state index is 0.0577. The van der Waals surface area contributed by atoms with Crippen LogP contribution in [0.4, 0.5) is 9.18 Å². The fraction of sp³-hybridized carbons (Fsp3) is 0.286. The second-order valence-electron chi connectivity index (χ2n) is 4.47. The number of imidazole rings is 1. The molecule has 2 rings (SSSR count). The molecule has 0 saturated carbocycles. The van der Waals surface area contributed by atoms with Gasteiger partial charge in [-0.25, -0.2) is 14.2 Å². The molecule has 0 aliphatic rings. The number of amides is 2. The van der Waals surface area contributed by atoms with Crippen molar-refractivity contribution >= 4 is 6.03 Å². The highest BCUT2D eigenvalue weighted by molar-refractivity contribution is 5.73. The lowest BCUT2D eigenvalue weighted by Gasteiger charge is -2.13. The number of nitrogens with one attached hydrogen (secondary N) is 2. The van der Waals surface area contributed by atoms with Gasteiger partial charge in [0.2, 0.25) is 0 Å². The van der Waals surface area contributed by atoms with Gasteiger partial charge in [0.1, 0.15) is 5.82 Å². The Morgan fingerprint density at radius 3 is 2.90 bits per heavy atom. The highest BCUT2D eigenvalue weighted by Gasteiger charge is 2.12. The lowest BCUT2D eigenvalue weighted by Crippen LogP contribution is -2.39. The van der Waals surface area contributed by atoms with Gasteiger partial charge < -0.3 is 20.3 Å². The molecule has 0 unspecified atom stereocenters. The molecule has 0 aliphatic heterocycles. The largest absolute Gasteiger partial charge is 0.386 e. The minimum atomic E-state index is -1.08. The van der Waals surface area contributed by atoms with Gasteiger partial charge in [-0.1, -0.05) is 18.2 Å². The summed E-state index contributed by atoms with van der Waals surface area (Å²) in [7, 11) is 0. The quantitative estimate of drug-likeness (QED) is 0.744. The van der Waals surface area contributed by atoms with E-state index in [1.807, 2.05) is 4.57 Å². The third-order valence-corrected chi connectivity index (χ3v) is 2.93. The Balaban J connectivity index is 1.70. The molecule has 6 nitrogen and oxygen atoms in total. The molecule has 0 saturated heterocycles. The summed E-state index contributed by atoms with van der Waals surface area (Å²) < 4.78 is 15.3. The zero-order valence-corrected chi connectivity index (χ0v) is 11.4. The summed E-state index contributed by atoms with van der Waals surface area (Å²) in [6.07, 6.45) is 4.03. The van der Waals surface area contributed by atoms with Gasteiger partial charge in [0, 0.05) is 37.6 Å². The van der Waals surface area contributed by atoms with Crippen molar-refractivity contribution in [1.29, 1.82) is 0 Å². The van der Waals surface area contributed by atoms with Gasteiger partial charge >= 0.3 is 6.03 Å². The molecule has 21 heavy (non-hydrogen) atoms. The molecular formula is C14H17FN4O2. The van der Waals surface area contributed by atoms with E-state index in [9.17, 15) is 14.3 Å². The molecule has 0 aliphatic carbocycles. The van der Waals surface area contributed by atoms with Gasteiger partial charge in [-0.15, -0.1) is 0 Å². The first kappa shape index (κ1) is 15.0. The number of aromatic nitrogens is 2. The maximum absolute atomic E-state index is 13.4. The molecule has 0 fully saturated rings. The van der Waals surface area contributed by atoms with Crippen molar-refractivity contribution in [3.63, 3.8) is 0 Å². The average Bonchev–Trinajstić information content (AvgIpc) is 2.98. The highest BCUT2D eigenvalue weighted by atomic mass is 19.1. The van der Waals surface area contributed by atoms with Crippen molar-refractivity contribution in [3.05, 3.63) is 54.4 Å². The predicted octanol–water partition coefficient (Wildman–Crippen LogP) is 1.05. The van der Waals surface area contributed by atoms with Crippen molar-refractivity contribution < 1.29 is 14.3 Å². The summed E-state index contributed by atoms with van der Waals surface area (Å²) in [5.74, 6) is -0.493. The van der Waals surface area contributed by atoms with Crippen LogP contribution in [0.15, 0.2) is 43.0 Å². The summed E-state index contributed by atoms with van der Waals surface area (Å²) in [6, 6.07) is 5.52. The smallest absolute Gasteiger partial charge is 0.314 e. The molecule has 0 spiro atoms. The fourth-order valence-electron chi connectivity index (χ4n) is 1.82. The molecule has 112 valence electrons. The standard InChI is InChI=1S/C14H17FN4O2/c15-12-4-2-1-3-11(12)13(20)9-18-14(21)17-6-8-19-7-5-16-10-19/h1-5,7,10,13,20H,6,8-9H2,(H2,17,18,21)/t13-/m0/s1. The molecule has 1 atom stereocenters. The summed E-state index contributed by atoms with van der Waals surface area (Å²) in [4.78, 5) is 15.4. The number of urea groups is 1. The van der Waals surface area contributed by atoms with Crippen LogP contribution < -0.4 is 10.6 Å². The zero-order valence-electron chi connectivity index (χ0n) is 11.4. The number of benzene rings is 1. The third kappa shape index (κ3) is 4.57. The number of rotatable bonds is 6. The second kappa shape index (κ2) is 7.39. The molecule has 1 aromatic carbocycles. The lowest BCUT2D eigenvalue weighted by molar-refractivity contribution is 0.169. The van der Waals surface area contributed by atoms with E-state index in [1.54, 1.807) is 30.9 Å². The first-order chi connectivity index (χ1) is 10.2. The number of halogens is 1. The average molecular weight is 292 g/mol. The Bertz CT molecular complexity index is 574. The monoisotopic (exact) mass is 292 g/mol. The van der Waals surface area contributed by atoms with Gasteiger partial charge in [0.25, 0.3) is 0 Å². The molecule has 3 N–H and O–H groups in total. The van der Waals surface area contributed by atoms with Crippen LogP contribution in [-0.2, 0) is 6.54 Å². The normalized spacial score (nSPS) is 11.9. The summed E-state index contributed by atoms with van der Waals surface area (Å²) >= 11 is 0. The van der Waals surface area contributed by atoms with Crippen LogP contribution in [0.5, 0.6) is 0 Å². The van der Waals surface area contributed by atoms with Gasteiger partial charge in [-0.2, -0.15) is 0 Å². The number of carbonyl (C=O) groups excluding carboxylic acids is 1. The molecule has 1 aromatic heterocycles. The van der Waals surface area contributed by atoms with Crippen LogP contribution in [0.25, 0.3) is 0 Å². The Morgan fingerprint density at radius 2 is 2.19 bits per heavy atom. The topological polar surface area (TPSA) is 79.2 Å². The maximum atomic E-state index is 13.4.